The molecule has 1 aliphatic carbocycles. The molecule has 2 unspecified atom stereocenters. The van der Waals surface area contributed by atoms with Crippen LogP contribution in [0.2, 0.25) is 0 Å². The van der Waals surface area contributed by atoms with Crippen LogP contribution in [0.15, 0.2) is 16.7 Å². The normalized spacial score (nSPS) is 22.9. The summed E-state index contributed by atoms with van der Waals surface area (Å²) in [4.78, 5) is 0. The van der Waals surface area contributed by atoms with Gasteiger partial charge >= 0.3 is 0 Å². The second-order valence-electron chi connectivity index (χ2n) is 6.70. The van der Waals surface area contributed by atoms with Crippen LogP contribution in [-0.2, 0) is 17.9 Å². The van der Waals surface area contributed by atoms with E-state index in [1.807, 2.05) is 0 Å². The molecular weight excluding hydrogens is 262 g/mol. The van der Waals surface area contributed by atoms with Crippen molar-refractivity contribution in [2.24, 2.45) is 11.8 Å². The summed E-state index contributed by atoms with van der Waals surface area (Å²) < 4.78 is 11.8. The van der Waals surface area contributed by atoms with Crippen LogP contribution in [0.4, 0.5) is 0 Å². The highest BCUT2D eigenvalue weighted by Gasteiger charge is 2.24. The van der Waals surface area contributed by atoms with E-state index in [1.165, 1.54) is 37.7 Å². The molecule has 1 aromatic heterocycles. The molecule has 1 fully saturated rings. The van der Waals surface area contributed by atoms with Crippen molar-refractivity contribution in [2.45, 2.75) is 72.1 Å². The van der Waals surface area contributed by atoms with Crippen molar-refractivity contribution in [2.75, 3.05) is 6.54 Å². The third-order valence-electron chi connectivity index (χ3n) is 4.49. The molecule has 0 spiro atoms. The molecule has 0 aromatic carbocycles. The summed E-state index contributed by atoms with van der Waals surface area (Å²) in [6, 6.07) is 2.05. The molecule has 0 bridgehead atoms. The molecule has 1 aliphatic rings. The zero-order valence-electron chi connectivity index (χ0n) is 13.9. The summed E-state index contributed by atoms with van der Waals surface area (Å²) >= 11 is 0. The van der Waals surface area contributed by atoms with Crippen molar-refractivity contribution in [3.63, 3.8) is 0 Å². The number of nitrogens with one attached hydrogen (secondary N) is 1. The van der Waals surface area contributed by atoms with Crippen LogP contribution < -0.4 is 5.32 Å². The first-order valence-corrected chi connectivity index (χ1v) is 8.58. The molecule has 0 aliphatic heterocycles. The van der Waals surface area contributed by atoms with Gasteiger partial charge in [0.25, 0.3) is 0 Å². The quantitative estimate of drug-likeness (QED) is 0.765. The lowest BCUT2D eigenvalue weighted by atomic mass is 9.85. The third-order valence-corrected chi connectivity index (χ3v) is 4.49. The Kier molecular flexibility index (Phi) is 6.78. The molecule has 3 heteroatoms. The van der Waals surface area contributed by atoms with Gasteiger partial charge in [-0.1, -0.05) is 40.0 Å². The fraction of sp³-hybridized carbons (Fsp3) is 0.778. The van der Waals surface area contributed by atoms with E-state index in [-0.39, 0.29) is 0 Å². The van der Waals surface area contributed by atoms with Gasteiger partial charge in [-0.2, -0.15) is 0 Å². The van der Waals surface area contributed by atoms with Gasteiger partial charge in [0.1, 0.15) is 5.76 Å². The van der Waals surface area contributed by atoms with Gasteiger partial charge in [0.15, 0.2) is 0 Å². The molecule has 1 aromatic rings. The number of hydrogen-bond acceptors (Lipinski definition) is 3. The standard InChI is InChI=1S/C18H31NO2/c1-4-15-7-5-6-8-17(15)21-13-16-9-10-20-18(16)12-19-11-14(2)3/h9-10,14-15,17,19H,4-8,11-13H2,1-3H3. The summed E-state index contributed by atoms with van der Waals surface area (Å²) in [5, 5.41) is 3.44. The van der Waals surface area contributed by atoms with Crippen molar-refractivity contribution in [1.29, 1.82) is 0 Å². The van der Waals surface area contributed by atoms with Crippen molar-refractivity contribution < 1.29 is 9.15 Å². The van der Waals surface area contributed by atoms with Crippen LogP contribution >= 0.6 is 0 Å². The third kappa shape index (κ3) is 5.15. The van der Waals surface area contributed by atoms with E-state index in [0.29, 0.717) is 18.6 Å². The first-order chi connectivity index (χ1) is 10.2. The Bertz CT molecular complexity index is 400. The molecule has 0 saturated heterocycles. The van der Waals surface area contributed by atoms with Crippen LogP contribution in [-0.4, -0.2) is 12.6 Å². The van der Waals surface area contributed by atoms with E-state index < -0.39 is 0 Å². The fourth-order valence-corrected chi connectivity index (χ4v) is 3.18. The predicted molar refractivity (Wildman–Crippen MR) is 86.1 cm³/mol. The maximum absolute atomic E-state index is 6.21. The molecule has 1 N–H and O–H groups in total. The molecule has 1 saturated carbocycles. The lowest BCUT2D eigenvalue weighted by molar-refractivity contribution is -0.0226. The second kappa shape index (κ2) is 8.60. The summed E-state index contributed by atoms with van der Waals surface area (Å²) in [5.74, 6) is 2.43. The van der Waals surface area contributed by atoms with Gasteiger partial charge in [-0.15, -0.1) is 0 Å². The number of ether oxygens (including phenoxy) is 1. The van der Waals surface area contributed by atoms with E-state index in [2.05, 4.69) is 32.2 Å². The Labute approximate surface area is 129 Å². The highest BCUT2D eigenvalue weighted by Crippen LogP contribution is 2.30. The molecular formula is C18H31NO2. The van der Waals surface area contributed by atoms with Crippen molar-refractivity contribution in [3.8, 4) is 0 Å². The lowest BCUT2D eigenvalue weighted by Crippen LogP contribution is -2.27. The predicted octanol–water partition coefficient (Wildman–Crippen LogP) is 4.51. The van der Waals surface area contributed by atoms with Crippen LogP contribution in [0.3, 0.4) is 0 Å². The van der Waals surface area contributed by atoms with E-state index in [1.54, 1.807) is 6.26 Å². The molecule has 21 heavy (non-hydrogen) atoms. The second-order valence-corrected chi connectivity index (χ2v) is 6.70. The van der Waals surface area contributed by atoms with Crippen LogP contribution in [0, 0.1) is 11.8 Å². The number of rotatable bonds is 8. The lowest BCUT2D eigenvalue weighted by Gasteiger charge is -2.30. The van der Waals surface area contributed by atoms with Gasteiger partial charge in [0.05, 0.1) is 25.5 Å². The van der Waals surface area contributed by atoms with Crippen molar-refractivity contribution >= 4 is 0 Å². The molecule has 120 valence electrons. The minimum absolute atomic E-state index is 0.440. The van der Waals surface area contributed by atoms with Gasteiger partial charge in [-0.3, -0.25) is 0 Å². The molecule has 3 nitrogen and oxygen atoms in total. The summed E-state index contributed by atoms with van der Waals surface area (Å²) in [7, 11) is 0. The summed E-state index contributed by atoms with van der Waals surface area (Å²) in [5.41, 5.74) is 1.20. The van der Waals surface area contributed by atoms with E-state index in [9.17, 15) is 0 Å². The highest BCUT2D eigenvalue weighted by atomic mass is 16.5. The Morgan fingerprint density at radius 1 is 1.33 bits per heavy atom. The highest BCUT2D eigenvalue weighted by molar-refractivity contribution is 5.15. The Hall–Kier alpha value is -0.800. The SMILES string of the molecule is CCC1CCCCC1OCc1ccoc1CNCC(C)C. The van der Waals surface area contributed by atoms with Crippen LogP contribution in [0.5, 0.6) is 0 Å². The van der Waals surface area contributed by atoms with Gasteiger partial charge < -0.3 is 14.5 Å². The Morgan fingerprint density at radius 3 is 2.90 bits per heavy atom. The minimum Gasteiger partial charge on any atom is -0.468 e. The van der Waals surface area contributed by atoms with Crippen molar-refractivity contribution in [1.82, 2.24) is 5.32 Å². The van der Waals surface area contributed by atoms with Gasteiger partial charge in [0, 0.05) is 5.56 Å². The molecule has 2 atom stereocenters. The van der Waals surface area contributed by atoms with Crippen molar-refractivity contribution in [3.05, 3.63) is 23.7 Å². The largest absolute Gasteiger partial charge is 0.468 e. The average Bonchev–Trinajstić information content (AvgIpc) is 2.92. The first-order valence-electron chi connectivity index (χ1n) is 8.58. The Balaban J connectivity index is 1.81. The van der Waals surface area contributed by atoms with E-state index >= 15 is 0 Å². The van der Waals surface area contributed by atoms with E-state index in [4.69, 9.17) is 9.15 Å². The van der Waals surface area contributed by atoms with Crippen LogP contribution in [0.1, 0.15) is 64.2 Å². The Morgan fingerprint density at radius 2 is 2.14 bits per heavy atom. The molecule has 0 radical (unpaired) electrons. The first kappa shape index (κ1) is 16.6. The van der Waals surface area contributed by atoms with Gasteiger partial charge in [0.2, 0.25) is 0 Å². The average molecular weight is 293 g/mol. The molecule has 2 rings (SSSR count). The molecule has 1 heterocycles. The number of furan rings is 1. The summed E-state index contributed by atoms with van der Waals surface area (Å²) in [6.07, 6.45) is 8.69. The minimum atomic E-state index is 0.440. The zero-order chi connectivity index (χ0) is 15.1. The van der Waals surface area contributed by atoms with Gasteiger partial charge in [-0.25, -0.2) is 0 Å². The zero-order valence-corrected chi connectivity index (χ0v) is 13.9. The summed E-state index contributed by atoms with van der Waals surface area (Å²) in [6.45, 7) is 9.22. The van der Waals surface area contributed by atoms with Gasteiger partial charge in [-0.05, 0) is 37.3 Å². The maximum Gasteiger partial charge on any atom is 0.123 e. The number of hydrogen-bond donors (Lipinski definition) is 1. The topological polar surface area (TPSA) is 34.4 Å². The molecule has 0 amide bonds. The fourth-order valence-electron chi connectivity index (χ4n) is 3.18. The smallest absolute Gasteiger partial charge is 0.123 e. The van der Waals surface area contributed by atoms with E-state index in [0.717, 1.165) is 24.8 Å². The van der Waals surface area contributed by atoms with Crippen LogP contribution in [0.25, 0.3) is 0 Å². The maximum atomic E-state index is 6.21. The monoisotopic (exact) mass is 293 g/mol.